The molecule has 0 saturated carbocycles. The van der Waals surface area contributed by atoms with Gasteiger partial charge in [0, 0.05) is 40.0 Å². The third-order valence-corrected chi connectivity index (χ3v) is 4.02. The first-order valence-electron chi connectivity index (χ1n) is 6.44. The van der Waals surface area contributed by atoms with Gasteiger partial charge in [0.25, 0.3) is 0 Å². The largest absolute Gasteiger partial charge is 0.347 e. The zero-order valence-electron chi connectivity index (χ0n) is 10.9. The number of hydrogen-bond acceptors (Lipinski definition) is 1. The maximum Gasteiger partial charge on any atom is 0.0502 e. The van der Waals surface area contributed by atoms with Crippen LogP contribution in [0.2, 0.25) is 10.0 Å². The van der Waals surface area contributed by atoms with Crippen molar-refractivity contribution in [3.8, 4) is 0 Å². The van der Waals surface area contributed by atoms with E-state index in [1.807, 2.05) is 30.5 Å². The van der Waals surface area contributed by atoms with Crippen molar-refractivity contribution in [1.82, 2.24) is 4.57 Å². The van der Waals surface area contributed by atoms with Gasteiger partial charge in [0.05, 0.1) is 6.54 Å². The highest BCUT2D eigenvalue weighted by Gasteiger charge is 2.10. The normalized spacial score (nSPS) is 12.6. The van der Waals surface area contributed by atoms with Gasteiger partial charge in [-0.25, -0.2) is 0 Å². The van der Waals surface area contributed by atoms with Gasteiger partial charge < -0.3 is 10.3 Å². The van der Waals surface area contributed by atoms with Crippen LogP contribution >= 0.6 is 23.2 Å². The molecule has 2 nitrogen and oxygen atoms in total. The van der Waals surface area contributed by atoms with Gasteiger partial charge in [-0.05, 0) is 30.7 Å². The smallest absolute Gasteiger partial charge is 0.0502 e. The lowest BCUT2D eigenvalue weighted by Gasteiger charge is -2.14. The van der Waals surface area contributed by atoms with Crippen molar-refractivity contribution in [2.45, 2.75) is 32.4 Å². The van der Waals surface area contributed by atoms with Crippen LogP contribution in [0.15, 0.2) is 36.5 Å². The molecule has 1 atom stereocenters. The molecular weight excluding hydrogens is 279 g/mol. The van der Waals surface area contributed by atoms with Gasteiger partial charge in [-0.1, -0.05) is 36.2 Å². The van der Waals surface area contributed by atoms with Gasteiger partial charge in [0.2, 0.25) is 0 Å². The molecule has 0 aliphatic carbocycles. The molecule has 19 heavy (non-hydrogen) atoms. The van der Waals surface area contributed by atoms with E-state index in [0.717, 1.165) is 18.4 Å². The summed E-state index contributed by atoms with van der Waals surface area (Å²) in [7, 11) is 0. The van der Waals surface area contributed by atoms with Crippen molar-refractivity contribution in [1.29, 1.82) is 0 Å². The molecule has 2 aromatic rings. The molecule has 0 aliphatic heterocycles. The predicted molar refractivity (Wildman–Crippen MR) is 82.0 cm³/mol. The molecule has 2 N–H and O–H groups in total. The van der Waals surface area contributed by atoms with E-state index in [0.29, 0.717) is 16.6 Å². The van der Waals surface area contributed by atoms with Gasteiger partial charge >= 0.3 is 0 Å². The molecule has 0 saturated heterocycles. The third-order valence-electron chi connectivity index (χ3n) is 3.31. The summed E-state index contributed by atoms with van der Waals surface area (Å²) in [6.45, 7) is 2.78. The minimum atomic E-state index is 0.190. The molecule has 0 spiro atoms. The summed E-state index contributed by atoms with van der Waals surface area (Å²) in [5, 5.41) is 1.40. The fraction of sp³-hybridized carbons (Fsp3) is 0.333. The number of nitrogens with zero attached hydrogens (tertiary/aromatic N) is 1. The molecule has 0 amide bonds. The molecule has 0 fully saturated rings. The van der Waals surface area contributed by atoms with Crippen LogP contribution in [-0.2, 0) is 13.0 Å². The summed E-state index contributed by atoms with van der Waals surface area (Å²) in [5.41, 5.74) is 8.19. The highest BCUT2D eigenvalue weighted by molar-refractivity contribution is 6.35. The number of aromatic nitrogens is 1. The van der Waals surface area contributed by atoms with Crippen molar-refractivity contribution >= 4 is 23.2 Å². The van der Waals surface area contributed by atoms with Crippen molar-refractivity contribution in [2.75, 3.05) is 0 Å². The second-order valence-electron chi connectivity index (χ2n) is 4.70. The minimum Gasteiger partial charge on any atom is -0.347 e. The van der Waals surface area contributed by atoms with E-state index in [1.165, 1.54) is 5.69 Å². The van der Waals surface area contributed by atoms with Crippen molar-refractivity contribution in [3.63, 3.8) is 0 Å². The quantitative estimate of drug-likeness (QED) is 0.884. The van der Waals surface area contributed by atoms with E-state index >= 15 is 0 Å². The molecule has 0 bridgehead atoms. The van der Waals surface area contributed by atoms with E-state index in [4.69, 9.17) is 28.9 Å². The zero-order chi connectivity index (χ0) is 13.8. The van der Waals surface area contributed by atoms with Gasteiger partial charge in [0.1, 0.15) is 0 Å². The Balaban J connectivity index is 2.22. The Bertz CT molecular complexity index is 529. The molecule has 4 heteroatoms. The number of hydrogen-bond donors (Lipinski definition) is 1. The van der Waals surface area contributed by atoms with Crippen LogP contribution in [0.25, 0.3) is 0 Å². The number of benzene rings is 1. The first-order valence-corrected chi connectivity index (χ1v) is 7.20. The van der Waals surface area contributed by atoms with Crippen LogP contribution in [0.4, 0.5) is 0 Å². The number of rotatable bonds is 5. The Morgan fingerprint density at radius 2 is 1.84 bits per heavy atom. The Labute approximate surface area is 124 Å². The molecular formula is C15H18Cl2N2. The zero-order valence-corrected chi connectivity index (χ0v) is 12.5. The van der Waals surface area contributed by atoms with Crippen molar-refractivity contribution in [2.24, 2.45) is 5.73 Å². The monoisotopic (exact) mass is 296 g/mol. The molecule has 102 valence electrons. The van der Waals surface area contributed by atoms with Gasteiger partial charge in [-0.3, -0.25) is 0 Å². The topological polar surface area (TPSA) is 30.9 Å². The summed E-state index contributed by atoms with van der Waals surface area (Å²) in [6, 6.07) is 9.91. The first-order chi connectivity index (χ1) is 9.11. The molecule has 0 radical (unpaired) electrons. The van der Waals surface area contributed by atoms with Gasteiger partial charge in [-0.2, -0.15) is 0 Å². The SMILES string of the molecule is CCC(N)Cc1cccn1Cc1c(Cl)cccc1Cl. The van der Waals surface area contributed by atoms with Gasteiger partial charge in [0.15, 0.2) is 0 Å². The minimum absolute atomic E-state index is 0.190. The second-order valence-corrected chi connectivity index (χ2v) is 5.51. The molecule has 0 aliphatic rings. The summed E-state index contributed by atoms with van der Waals surface area (Å²) < 4.78 is 2.16. The average Bonchev–Trinajstić information content (AvgIpc) is 2.81. The second kappa shape index (κ2) is 6.47. The van der Waals surface area contributed by atoms with E-state index in [1.54, 1.807) is 0 Å². The Morgan fingerprint density at radius 3 is 2.47 bits per heavy atom. The van der Waals surface area contributed by atoms with Crippen LogP contribution in [-0.4, -0.2) is 10.6 Å². The molecule has 1 aromatic heterocycles. The molecule has 2 rings (SSSR count). The van der Waals surface area contributed by atoms with Gasteiger partial charge in [-0.15, -0.1) is 0 Å². The molecule has 1 aromatic carbocycles. The maximum atomic E-state index is 6.21. The fourth-order valence-electron chi connectivity index (χ4n) is 2.06. The summed E-state index contributed by atoms with van der Waals surface area (Å²) in [5.74, 6) is 0. The van der Waals surface area contributed by atoms with Crippen molar-refractivity contribution in [3.05, 3.63) is 57.8 Å². The van der Waals surface area contributed by atoms with Crippen molar-refractivity contribution < 1.29 is 0 Å². The Kier molecular flexibility index (Phi) is 4.92. The van der Waals surface area contributed by atoms with E-state index < -0.39 is 0 Å². The molecule has 1 heterocycles. The lowest BCUT2D eigenvalue weighted by molar-refractivity contribution is 0.610. The summed E-state index contributed by atoms with van der Waals surface area (Å²) >= 11 is 12.4. The fourth-order valence-corrected chi connectivity index (χ4v) is 2.57. The summed E-state index contributed by atoms with van der Waals surface area (Å²) in [4.78, 5) is 0. The first kappa shape index (κ1) is 14.4. The number of halogens is 2. The predicted octanol–water partition coefficient (Wildman–Crippen LogP) is 4.12. The standard InChI is InChI=1S/C15H18Cl2N2/c1-2-11(18)9-12-5-4-8-19(12)10-13-14(16)6-3-7-15(13)17/h3-8,11H,2,9-10,18H2,1H3. The van der Waals surface area contributed by atoms with E-state index in [9.17, 15) is 0 Å². The van der Waals surface area contributed by atoms with E-state index in [-0.39, 0.29) is 6.04 Å². The number of nitrogens with two attached hydrogens (primary N) is 1. The average molecular weight is 297 g/mol. The van der Waals surface area contributed by atoms with Crippen LogP contribution in [0.1, 0.15) is 24.6 Å². The lowest BCUT2D eigenvalue weighted by Crippen LogP contribution is -2.23. The highest BCUT2D eigenvalue weighted by Crippen LogP contribution is 2.25. The maximum absolute atomic E-state index is 6.21. The third kappa shape index (κ3) is 3.53. The molecule has 1 unspecified atom stereocenters. The van der Waals surface area contributed by atoms with Crippen LogP contribution in [0.5, 0.6) is 0 Å². The van der Waals surface area contributed by atoms with Crippen LogP contribution in [0.3, 0.4) is 0 Å². The van der Waals surface area contributed by atoms with Crippen LogP contribution in [0, 0.1) is 0 Å². The highest BCUT2D eigenvalue weighted by atomic mass is 35.5. The van der Waals surface area contributed by atoms with E-state index in [2.05, 4.69) is 17.6 Å². The Hall–Kier alpha value is -0.960. The summed E-state index contributed by atoms with van der Waals surface area (Å²) in [6.07, 6.45) is 3.88. The van der Waals surface area contributed by atoms with Crippen LogP contribution < -0.4 is 5.73 Å². The Morgan fingerprint density at radius 1 is 1.16 bits per heavy atom. The lowest BCUT2D eigenvalue weighted by atomic mass is 10.1.